The number of hydrogen-bond acceptors (Lipinski definition) is 7. The third-order valence-corrected chi connectivity index (χ3v) is 7.72. The molecule has 1 amide bonds. The highest BCUT2D eigenvalue weighted by molar-refractivity contribution is 8.00. The minimum absolute atomic E-state index is 0.145. The van der Waals surface area contributed by atoms with Crippen LogP contribution < -0.4 is 10.1 Å². The Morgan fingerprint density at radius 3 is 2.61 bits per heavy atom. The molecule has 194 valence electrons. The molecule has 0 aliphatic carbocycles. The summed E-state index contributed by atoms with van der Waals surface area (Å²) in [6.07, 6.45) is 2.11. The predicted molar refractivity (Wildman–Crippen MR) is 150 cm³/mol. The number of thioether (sulfide) groups is 1. The molecule has 5 rings (SSSR count). The zero-order valence-corrected chi connectivity index (χ0v) is 22.9. The molecule has 0 unspecified atom stereocenters. The Bertz CT molecular complexity index is 1510. The van der Waals surface area contributed by atoms with Crippen molar-refractivity contribution in [1.29, 1.82) is 0 Å². The summed E-state index contributed by atoms with van der Waals surface area (Å²) in [5, 5.41) is 14.0. The first-order chi connectivity index (χ1) is 18.3. The van der Waals surface area contributed by atoms with Gasteiger partial charge in [0, 0.05) is 35.0 Å². The molecule has 3 heterocycles. The lowest BCUT2D eigenvalue weighted by molar-refractivity contribution is -0.113. The van der Waals surface area contributed by atoms with Crippen molar-refractivity contribution < 1.29 is 14.6 Å². The second kappa shape index (κ2) is 11.1. The molecule has 1 aliphatic rings. The van der Waals surface area contributed by atoms with E-state index in [1.54, 1.807) is 12.3 Å². The molecule has 0 spiro atoms. The van der Waals surface area contributed by atoms with Gasteiger partial charge in [-0.25, -0.2) is 4.98 Å². The fourth-order valence-corrected chi connectivity index (χ4v) is 5.30. The van der Waals surface area contributed by atoms with E-state index < -0.39 is 0 Å². The Hall–Kier alpha value is -3.46. The van der Waals surface area contributed by atoms with Crippen molar-refractivity contribution in [1.82, 2.24) is 15.0 Å². The van der Waals surface area contributed by atoms with E-state index in [1.807, 2.05) is 49.4 Å². The third-order valence-electron chi connectivity index (χ3n) is 6.37. The van der Waals surface area contributed by atoms with Crippen LogP contribution in [0.2, 0.25) is 5.02 Å². The number of nitrogens with zero attached hydrogens (tertiary/aromatic N) is 3. The predicted octanol–water partition coefficient (Wildman–Crippen LogP) is 6.54. The second-order valence-electron chi connectivity index (χ2n) is 9.34. The van der Waals surface area contributed by atoms with Gasteiger partial charge in [0.1, 0.15) is 5.03 Å². The molecule has 0 saturated carbocycles. The Balaban J connectivity index is 1.46. The Labute approximate surface area is 230 Å². The van der Waals surface area contributed by atoms with E-state index in [0.29, 0.717) is 56.7 Å². The maximum atomic E-state index is 12.9. The number of aromatic nitrogens is 3. The molecule has 2 aromatic heterocycles. The van der Waals surface area contributed by atoms with Gasteiger partial charge >= 0.3 is 0 Å². The minimum Gasteiger partial charge on any atom is -0.436 e. The molecule has 1 aliphatic heterocycles. The number of carbonyl (C=O) groups excluding carboxylic acids is 1. The molecule has 0 saturated heterocycles. The van der Waals surface area contributed by atoms with E-state index >= 15 is 0 Å². The number of halogens is 1. The van der Waals surface area contributed by atoms with Crippen LogP contribution in [0.3, 0.4) is 0 Å². The van der Waals surface area contributed by atoms with Gasteiger partial charge in [-0.2, -0.15) is 4.98 Å². The van der Waals surface area contributed by atoms with Crippen LogP contribution in [-0.2, 0) is 17.8 Å². The highest BCUT2D eigenvalue weighted by Crippen LogP contribution is 2.43. The maximum Gasteiger partial charge on any atom is 0.234 e. The number of hydrogen-bond donors (Lipinski definition) is 2. The van der Waals surface area contributed by atoms with E-state index in [1.165, 1.54) is 17.3 Å². The average Bonchev–Trinajstić information content (AvgIpc) is 2.91. The standard InChI is InChI=1S/C29H27ClN4O3S/c1-16(2)18-8-10-20(11-9-18)32-25(36)15-38-29-23-12-22-19(14-35)13-31-17(3)26(22)37-28(23)33-27(34-29)21-6-4-5-7-24(21)30/h4-11,13,16,35H,12,14-15H2,1-3H3,(H,32,36). The van der Waals surface area contributed by atoms with Gasteiger partial charge in [0.15, 0.2) is 11.6 Å². The van der Waals surface area contributed by atoms with E-state index in [4.69, 9.17) is 26.3 Å². The van der Waals surface area contributed by atoms with E-state index in [2.05, 4.69) is 24.1 Å². The lowest BCUT2D eigenvalue weighted by Crippen LogP contribution is -2.16. The number of aryl methyl sites for hydroxylation is 1. The van der Waals surface area contributed by atoms with Crippen LogP contribution in [0.1, 0.15) is 47.7 Å². The molecule has 2 N–H and O–H groups in total. The monoisotopic (exact) mass is 546 g/mol. The Morgan fingerprint density at radius 2 is 1.89 bits per heavy atom. The van der Waals surface area contributed by atoms with Crippen LogP contribution in [0.15, 0.2) is 59.8 Å². The van der Waals surface area contributed by atoms with Crippen LogP contribution in [0.25, 0.3) is 11.4 Å². The van der Waals surface area contributed by atoms with Gasteiger partial charge in [-0.1, -0.05) is 61.5 Å². The van der Waals surface area contributed by atoms with Crippen LogP contribution >= 0.6 is 23.4 Å². The summed E-state index contributed by atoms with van der Waals surface area (Å²) in [4.78, 5) is 26.7. The molecule has 0 bridgehead atoms. The van der Waals surface area contributed by atoms with Crippen molar-refractivity contribution >= 4 is 35.0 Å². The number of aliphatic hydroxyl groups excluding tert-OH is 1. The van der Waals surface area contributed by atoms with Crippen molar-refractivity contribution in [2.24, 2.45) is 0 Å². The highest BCUT2D eigenvalue weighted by atomic mass is 35.5. The number of pyridine rings is 1. The number of carbonyl (C=O) groups is 1. The average molecular weight is 547 g/mol. The van der Waals surface area contributed by atoms with Crippen molar-refractivity contribution in [2.75, 3.05) is 11.1 Å². The summed E-state index contributed by atoms with van der Waals surface area (Å²) < 4.78 is 6.24. The Morgan fingerprint density at radius 1 is 1.13 bits per heavy atom. The first kappa shape index (κ1) is 26.2. The SMILES string of the molecule is Cc1ncc(CO)c2c1Oc1nc(-c3ccccc3Cl)nc(SCC(=O)Nc3ccc(C(C)C)cc3)c1C2. The fraction of sp³-hybridized carbons (Fsp3) is 0.241. The number of amides is 1. The van der Waals surface area contributed by atoms with Crippen molar-refractivity contribution in [3.8, 4) is 23.0 Å². The van der Waals surface area contributed by atoms with Crippen LogP contribution in [0, 0.1) is 6.92 Å². The number of rotatable bonds is 7. The molecular formula is C29H27ClN4O3S. The van der Waals surface area contributed by atoms with Gasteiger partial charge < -0.3 is 15.2 Å². The first-order valence-corrected chi connectivity index (χ1v) is 13.6. The fourth-order valence-electron chi connectivity index (χ4n) is 4.26. The zero-order valence-electron chi connectivity index (χ0n) is 21.3. The van der Waals surface area contributed by atoms with Gasteiger partial charge in [0.25, 0.3) is 0 Å². The summed E-state index contributed by atoms with van der Waals surface area (Å²) in [5.74, 6) is 1.82. The molecule has 9 heteroatoms. The van der Waals surface area contributed by atoms with Crippen molar-refractivity contribution in [2.45, 2.75) is 44.7 Å². The minimum atomic E-state index is -0.159. The first-order valence-electron chi connectivity index (χ1n) is 12.3. The topological polar surface area (TPSA) is 97.2 Å². The molecule has 2 aromatic carbocycles. The van der Waals surface area contributed by atoms with Gasteiger partial charge in [-0.05, 0) is 42.7 Å². The molecule has 38 heavy (non-hydrogen) atoms. The molecule has 0 fully saturated rings. The summed E-state index contributed by atoms with van der Waals surface area (Å²) >= 11 is 7.77. The second-order valence-corrected chi connectivity index (χ2v) is 10.7. The highest BCUT2D eigenvalue weighted by Gasteiger charge is 2.28. The van der Waals surface area contributed by atoms with Gasteiger partial charge in [-0.15, -0.1) is 0 Å². The number of fused-ring (bicyclic) bond motifs is 2. The summed E-state index contributed by atoms with van der Waals surface area (Å²) in [5.41, 5.74) is 5.62. The van der Waals surface area contributed by atoms with Crippen LogP contribution in [0.5, 0.6) is 11.6 Å². The lowest BCUT2D eigenvalue weighted by atomic mass is 9.99. The molecular weight excluding hydrogens is 520 g/mol. The van der Waals surface area contributed by atoms with Crippen LogP contribution in [0.4, 0.5) is 5.69 Å². The molecule has 0 radical (unpaired) electrons. The lowest BCUT2D eigenvalue weighted by Gasteiger charge is -2.24. The van der Waals surface area contributed by atoms with Crippen molar-refractivity contribution in [3.05, 3.63) is 87.7 Å². The normalized spacial score (nSPS) is 12.1. The van der Waals surface area contributed by atoms with Gasteiger partial charge in [0.2, 0.25) is 11.8 Å². The largest absolute Gasteiger partial charge is 0.436 e. The summed E-state index contributed by atoms with van der Waals surface area (Å²) in [6.45, 7) is 5.96. The van der Waals surface area contributed by atoms with E-state index in [-0.39, 0.29) is 18.3 Å². The molecule has 4 aromatic rings. The number of anilines is 1. The maximum absolute atomic E-state index is 12.9. The number of benzene rings is 2. The van der Waals surface area contributed by atoms with Gasteiger partial charge in [-0.3, -0.25) is 9.78 Å². The van der Waals surface area contributed by atoms with Crippen LogP contribution in [-0.4, -0.2) is 31.7 Å². The third kappa shape index (κ3) is 5.38. The molecule has 0 atom stereocenters. The zero-order chi connectivity index (χ0) is 26.8. The van der Waals surface area contributed by atoms with Crippen molar-refractivity contribution in [3.63, 3.8) is 0 Å². The van der Waals surface area contributed by atoms with Gasteiger partial charge in [0.05, 0.1) is 28.6 Å². The van der Waals surface area contributed by atoms with E-state index in [9.17, 15) is 9.90 Å². The van der Waals surface area contributed by atoms with E-state index in [0.717, 1.165) is 16.8 Å². The smallest absolute Gasteiger partial charge is 0.234 e. The quantitative estimate of drug-likeness (QED) is 0.176. The number of aliphatic hydroxyl groups is 1. The summed E-state index contributed by atoms with van der Waals surface area (Å²) in [7, 11) is 0. The molecule has 7 nitrogen and oxygen atoms in total. The number of nitrogens with one attached hydrogen (secondary N) is 1. The summed E-state index contributed by atoms with van der Waals surface area (Å²) in [6, 6.07) is 15.2. The Kier molecular flexibility index (Phi) is 7.65. The number of ether oxygens (including phenoxy) is 1.